The van der Waals surface area contributed by atoms with Crippen molar-refractivity contribution in [2.45, 2.75) is 25.0 Å². The highest BCUT2D eigenvalue weighted by atomic mass is 32.2. The zero-order chi connectivity index (χ0) is 8.93. The number of rotatable bonds is 0. The van der Waals surface area contributed by atoms with Crippen molar-refractivity contribution in [1.82, 2.24) is 0 Å². The molecular weight excluding hydrogens is 176 g/mol. The second kappa shape index (κ2) is 2.31. The average Bonchev–Trinajstić information content (AvgIpc) is 2.37. The van der Waals surface area contributed by atoms with Crippen molar-refractivity contribution in [3.63, 3.8) is 0 Å². The minimum absolute atomic E-state index is 0.0509. The number of hydrogen-bond acceptors (Lipinski definition) is 3. The molecule has 0 spiro atoms. The predicted octanol–water partition coefficient (Wildman–Crippen LogP) is 0.399. The van der Waals surface area contributed by atoms with Gasteiger partial charge in [0.25, 0.3) is 0 Å². The van der Waals surface area contributed by atoms with Crippen molar-refractivity contribution in [3.05, 3.63) is 0 Å². The van der Waals surface area contributed by atoms with E-state index in [0.29, 0.717) is 12.8 Å². The van der Waals surface area contributed by atoms with Gasteiger partial charge in [0.15, 0.2) is 9.84 Å². The quantitative estimate of drug-likeness (QED) is 0.553. The molecule has 0 bridgehead atoms. The lowest BCUT2D eigenvalue weighted by Gasteiger charge is -2.10. The van der Waals surface area contributed by atoms with Gasteiger partial charge in [-0.15, -0.1) is 0 Å². The molecule has 4 heteroatoms. The molecule has 0 amide bonds. The lowest BCUT2D eigenvalue weighted by molar-refractivity contribution is -0.120. The van der Waals surface area contributed by atoms with E-state index in [-0.39, 0.29) is 28.6 Å². The van der Waals surface area contributed by atoms with Crippen LogP contribution in [0.4, 0.5) is 0 Å². The summed E-state index contributed by atoms with van der Waals surface area (Å²) < 4.78 is 22.9. The van der Waals surface area contributed by atoms with E-state index < -0.39 is 9.84 Å². The molecule has 2 rings (SSSR count). The van der Waals surface area contributed by atoms with Gasteiger partial charge in [0.2, 0.25) is 0 Å². The molecule has 2 aliphatic rings. The third kappa shape index (κ3) is 0.937. The molecule has 12 heavy (non-hydrogen) atoms. The van der Waals surface area contributed by atoms with E-state index in [9.17, 15) is 13.2 Å². The van der Waals surface area contributed by atoms with Crippen LogP contribution < -0.4 is 0 Å². The fraction of sp³-hybridized carbons (Fsp3) is 0.875. The summed E-state index contributed by atoms with van der Waals surface area (Å²) >= 11 is 0. The summed E-state index contributed by atoms with van der Waals surface area (Å²) in [6.07, 6.45) is 1.03. The zero-order valence-electron chi connectivity index (χ0n) is 6.99. The lowest BCUT2D eigenvalue weighted by atomic mass is 10.0. The minimum atomic E-state index is -2.93. The normalized spacial score (nSPS) is 44.8. The van der Waals surface area contributed by atoms with Crippen molar-refractivity contribution < 1.29 is 13.2 Å². The first-order chi connectivity index (χ1) is 5.52. The molecule has 0 aromatic heterocycles. The third-order valence-electron chi connectivity index (χ3n) is 3.02. The Hall–Kier alpha value is -0.380. The van der Waals surface area contributed by atoms with Gasteiger partial charge in [0.05, 0.1) is 11.0 Å². The van der Waals surface area contributed by atoms with Gasteiger partial charge in [0, 0.05) is 12.3 Å². The number of carbonyl (C=O) groups excluding carboxylic acids is 1. The Balaban J connectivity index is 2.42. The third-order valence-corrected chi connectivity index (χ3v) is 5.45. The Labute approximate surface area is 72.1 Å². The molecule has 1 aliphatic heterocycles. The molecule has 0 aromatic carbocycles. The van der Waals surface area contributed by atoms with Gasteiger partial charge in [-0.2, -0.15) is 0 Å². The summed E-state index contributed by atoms with van der Waals surface area (Å²) in [6.45, 7) is 1.87. The number of fused-ring (bicyclic) bond motifs is 1. The molecule has 0 radical (unpaired) electrons. The van der Waals surface area contributed by atoms with E-state index in [2.05, 4.69) is 0 Å². The van der Waals surface area contributed by atoms with Crippen LogP contribution in [0.3, 0.4) is 0 Å². The number of hydrogen-bond donors (Lipinski definition) is 0. The summed E-state index contributed by atoms with van der Waals surface area (Å²) in [5.74, 6) is 0.270. The lowest BCUT2D eigenvalue weighted by Crippen LogP contribution is -2.24. The molecule has 0 unspecified atom stereocenters. The summed E-state index contributed by atoms with van der Waals surface area (Å²) in [5, 5.41) is -0.343. The van der Waals surface area contributed by atoms with Crippen molar-refractivity contribution in [2.75, 3.05) is 5.75 Å². The van der Waals surface area contributed by atoms with Crippen molar-refractivity contribution in [3.8, 4) is 0 Å². The second-order valence-electron chi connectivity index (χ2n) is 3.87. The largest absolute Gasteiger partial charge is 0.299 e. The van der Waals surface area contributed by atoms with Crippen LogP contribution in [-0.2, 0) is 14.6 Å². The van der Waals surface area contributed by atoms with Gasteiger partial charge in [0.1, 0.15) is 5.78 Å². The number of Topliss-reactive ketones (excluding diaryl/α,β-unsaturated/α-hetero) is 1. The topological polar surface area (TPSA) is 51.2 Å². The molecule has 3 nitrogen and oxygen atoms in total. The molecule has 0 N–H and O–H groups in total. The van der Waals surface area contributed by atoms with Gasteiger partial charge < -0.3 is 0 Å². The Morgan fingerprint density at radius 3 is 2.67 bits per heavy atom. The molecule has 1 aliphatic carbocycles. The maximum Gasteiger partial charge on any atom is 0.154 e. The fourth-order valence-electron chi connectivity index (χ4n) is 2.52. The average molecular weight is 188 g/mol. The van der Waals surface area contributed by atoms with Crippen LogP contribution in [0.2, 0.25) is 0 Å². The van der Waals surface area contributed by atoms with Crippen LogP contribution in [0.1, 0.15) is 19.8 Å². The molecule has 0 aromatic rings. The summed E-state index contributed by atoms with van der Waals surface area (Å²) in [7, 11) is -2.93. The molecule has 3 atom stereocenters. The van der Waals surface area contributed by atoms with Crippen molar-refractivity contribution in [1.29, 1.82) is 0 Å². The van der Waals surface area contributed by atoms with Crippen molar-refractivity contribution in [2.24, 2.45) is 11.8 Å². The van der Waals surface area contributed by atoms with Crippen molar-refractivity contribution >= 4 is 15.6 Å². The SMILES string of the molecule is C[C@@H]1CC(=O)[C@H]2CCS(=O)(=O)[C@@H]12. The maximum atomic E-state index is 11.4. The summed E-state index contributed by atoms with van der Waals surface area (Å²) in [4.78, 5) is 11.3. The monoisotopic (exact) mass is 188 g/mol. The Kier molecular flexibility index (Phi) is 1.59. The van der Waals surface area contributed by atoms with Gasteiger partial charge in [-0.1, -0.05) is 6.92 Å². The minimum Gasteiger partial charge on any atom is -0.299 e. The Morgan fingerprint density at radius 2 is 2.08 bits per heavy atom. The Bertz CT molecular complexity index is 317. The van der Waals surface area contributed by atoms with Crippen LogP contribution in [-0.4, -0.2) is 25.2 Å². The van der Waals surface area contributed by atoms with E-state index in [1.807, 2.05) is 6.92 Å². The van der Waals surface area contributed by atoms with E-state index in [1.165, 1.54) is 0 Å². The van der Waals surface area contributed by atoms with E-state index in [0.717, 1.165) is 0 Å². The van der Waals surface area contributed by atoms with Gasteiger partial charge in [-0.25, -0.2) is 8.42 Å². The highest BCUT2D eigenvalue weighted by Crippen LogP contribution is 2.40. The second-order valence-corrected chi connectivity index (χ2v) is 6.15. The summed E-state index contributed by atoms with van der Waals surface area (Å²) in [5.41, 5.74) is 0. The van der Waals surface area contributed by atoms with E-state index in [1.54, 1.807) is 0 Å². The van der Waals surface area contributed by atoms with Crippen LogP contribution in [0, 0.1) is 11.8 Å². The zero-order valence-corrected chi connectivity index (χ0v) is 7.80. The fourth-order valence-corrected chi connectivity index (χ4v) is 4.97. The van der Waals surface area contributed by atoms with Crippen LogP contribution in [0.5, 0.6) is 0 Å². The molecule has 1 saturated heterocycles. The molecule has 1 saturated carbocycles. The van der Waals surface area contributed by atoms with E-state index in [4.69, 9.17) is 0 Å². The highest BCUT2D eigenvalue weighted by Gasteiger charge is 2.51. The maximum absolute atomic E-state index is 11.4. The first kappa shape index (κ1) is 8.23. The molecule has 68 valence electrons. The number of carbonyl (C=O) groups is 1. The van der Waals surface area contributed by atoms with Gasteiger partial charge in [-0.05, 0) is 12.3 Å². The number of sulfone groups is 1. The number of ketones is 1. The van der Waals surface area contributed by atoms with Gasteiger partial charge in [-0.3, -0.25) is 4.79 Å². The van der Waals surface area contributed by atoms with Gasteiger partial charge >= 0.3 is 0 Å². The first-order valence-corrected chi connectivity index (χ1v) is 5.98. The van der Waals surface area contributed by atoms with Crippen LogP contribution in [0.15, 0.2) is 0 Å². The summed E-state index contributed by atoms with van der Waals surface area (Å²) in [6, 6.07) is 0. The van der Waals surface area contributed by atoms with E-state index >= 15 is 0 Å². The molecule has 1 heterocycles. The first-order valence-electron chi connectivity index (χ1n) is 4.26. The molecular formula is C8H12O3S. The standard InChI is InChI=1S/C8H12O3S/c1-5-4-7(9)6-2-3-12(10,11)8(5)6/h5-6,8H,2-4H2,1H3/t5-,6-,8+/m1/s1. The predicted molar refractivity (Wildman–Crippen MR) is 44.5 cm³/mol. The molecule has 2 fully saturated rings. The van der Waals surface area contributed by atoms with Crippen LogP contribution >= 0.6 is 0 Å². The highest BCUT2D eigenvalue weighted by molar-refractivity contribution is 7.92. The van der Waals surface area contributed by atoms with Crippen LogP contribution in [0.25, 0.3) is 0 Å². The Morgan fingerprint density at radius 1 is 1.42 bits per heavy atom. The smallest absolute Gasteiger partial charge is 0.154 e.